The number of carbonyl (C=O) groups excluding carboxylic acids is 1. The summed E-state index contributed by atoms with van der Waals surface area (Å²) in [5.41, 5.74) is 0. The molecule has 0 aromatic heterocycles. The third-order valence-electron chi connectivity index (χ3n) is 9.22. The van der Waals surface area contributed by atoms with Crippen LogP contribution in [-0.2, 0) is 4.79 Å². The van der Waals surface area contributed by atoms with Crippen molar-refractivity contribution in [2.45, 2.75) is 225 Å². The van der Waals surface area contributed by atoms with Crippen LogP contribution in [0.25, 0.3) is 0 Å². The highest BCUT2D eigenvalue weighted by atomic mass is 16.3. The van der Waals surface area contributed by atoms with Crippen LogP contribution in [0.3, 0.4) is 0 Å². The number of aliphatic hydroxyl groups is 2. The first-order valence-corrected chi connectivity index (χ1v) is 20.0. The maximum atomic E-state index is 12.3. The molecule has 0 saturated heterocycles. The normalized spacial score (nSPS) is 13.2. The monoisotopic (exact) mass is 634 g/mol. The lowest BCUT2D eigenvalue weighted by atomic mass is 10.0. The largest absolute Gasteiger partial charge is 0.394 e. The minimum absolute atomic E-state index is 0.0352. The molecule has 45 heavy (non-hydrogen) atoms. The zero-order chi connectivity index (χ0) is 32.9. The Morgan fingerprint density at radius 3 is 1.33 bits per heavy atom. The summed E-state index contributed by atoms with van der Waals surface area (Å²) >= 11 is 0. The Hall–Kier alpha value is -1.13. The molecule has 266 valence electrons. The van der Waals surface area contributed by atoms with E-state index in [2.05, 4.69) is 43.5 Å². The molecule has 4 heteroatoms. The van der Waals surface area contributed by atoms with Crippen LogP contribution in [0.2, 0.25) is 0 Å². The highest BCUT2D eigenvalue weighted by Crippen LogP contribution is 2.15. The predicted octanol–water partition coefficient (Wildman–Crippen LogP) is 12.1. The summed E-state index contributed by atoms with van der Waals surface area (Å²) in [5.74, 6) is -0.0352. The molecule has 0 spiro atoms. The third-order valence-corrected chi connectivity index (χ3v) is 9.22. The highest BCUT2D eigenvalue weighted by molar-refractivity contribution is 5.76. The van der Waals surface area contributed by atoms with Crippen molar-refractivity contribution in [1.29, 1.82) is 0 Å². The lowest BCUT2D eigenvalue weighted by molar-refractivity contribution is -0.123. The van der Waals surface area contributed by atoms with Crippen LogP contribution in [0, 0.1) is 0 Å². The summed E-state index contributed by atoms with van der Waals surface area (Å²) in [5, 5.41) is 22.9. The first kappa shape index (κ1) is 43.9. The lowest BCUT2D eigenvalue weighted by Crippen LogP contribution is -2.45. The molecule has 3 N–H and O–H groups in total. The first-order chi connectivity index (χ1) is 22.2. The van der Waals surface area contributed by atoms with Crippen LogP contribution in [0.1, 0.15) is 213 Å². The molecule has 0 heterocycles. The zero-order valence-electron chi connectivity index (χ0n) is 30.4. The van der Waals surface area contributed by atoms with Gasteiger partial charge in [0.05, 0.1) is 18.8 Å². The Bertz CT molecular complexity index is 647. The van der Waals surface area contributed by atoms with Crippen LogP contribution in [0.5, 0.6) is 0 Å². The SMILES string of the molecule is CCCCCCC/C=C\C/C=C\CCCCCCCCCCCCCCCC(=O)NC(CO)C(O)CCCCCCCCCC. The minimum Gasteiger partial charge on any atom is -0.394 e. The van der Waals surface area contributed by atoms with Gasteiger partial charge in [-0.1, -0.05) is 186 Å². The fourth-order valence-corrected chi connectivity index (χ4v) is 6.10. The van der Waals surface area contributed by atoms with Crippen molar-refractivity contribution >= 4 is 5.91 Å². The number of aliphatic hydroxyl groups excluding tert-OH is 2. The topological polar surface area (TPSA) is 69.6 Å². The van der Waals surface area contributed by atoms with E-state index in [-0.39, 0.29) is 12.5 Å². The fourth-order valence-electron chi connectivity index (χ4n) is 6.10. The van der Waals surface area contributed by atoms with E-state index in [4.69, 9.17) is 0 Å². The van der Waals surface area contributed by atoms with E-state index in [9.17, 15) is 15.0 Å². The van der Waals surface area contributed by atoms with Gasteiger partial charge >= 0.3 is 0 Å². The van der Waals surface area contributed by atoms with Crippen molar-refractivity contribution in [2.24, 2.45) is 0 Å². The molecule has 0 aromatic carbocycles. The van der Waals surface area contributed by atoms with Gasteiger partial charge in [0.25, 0.3) is 0 Å². The van der Waals surface area contributed by atoms with Crippen LogP contribution in [0.4, 0.5) is 0 Å². The molecule has 0 aromatic rings. The van der Waals surface area contributed by atoms with Crippen molar-refractivity contribution in [3.63, 3.8) is 0 Å². The van der Waals surface area contributed by atoms with Crippen LogP contribution >= 0.6 is 0 Å². The molecule has 4 nitrogen and oxygen atoms in total. The Kier molecular flexibility index (Phi) is 36.4. The number of hydrogen-bond donors (Lipinski definition) is 3. The van der Waals surface area contributed by atoms with E-state index in [0.29, 0.717) is 12.8 Å². The number of carbonyl (C=O) groups is 1. The van der Waals surface area contributed by atoms with E-state index in [0.717, 1.165) is 32.1 Å². The predicted molar refractivity (Wildman–Crippen MR) is 198 cm³/mol. The summed E-state index contributed by atoms with van der Waals surface area (Å²) in [6, 6.07) is -0.531. The van der Waals surface area contributed by atoms with Crippen LogP contribution in [0.15, 0.2) is 24.3 Å². The molecule has 0 fully saturated rings. The molecule has 1 amide bonds. The van der Waals surface area contributed by atoms with Gasteiger partial charge < -0.3 is 15.5 Å². The van der Waals surface area contributed by atoms with Gasteiger partial charge in [-0.3, -0.25) is 4.79 Å². The van der Waals surface area contributed by atoms with Gasteiger partial charge in [-0.25, -0.2) is 0 Å². The Morgan fingerprint density at radius 1 is 0.533 bits per heavy atom. The molecular weight excluding hydrogens is 554 g/mol. The third kappa shape index (κ3) is 34.0. The fraction of sp³-hybridized carbons (Fsp3) is 0.878. The molecule has 0 aliphatic carbocycles. The van der Waals surface area contributed by atoms with Gasteiger partial charge in [0.15, 0.2) is 0 Å². The average Bonchev–Trinajstić information content (AvgIpc) is 3.04. The number of allylic oxidation sites excluding steroid dienone is 4. The summed E-state index contributed by atoms with van der Waals surface area (Å²) in [4.78, 5) is 12.3. The molecule has 0 aliphatic heterocycles. The van der Waals surface area contributed by atoms with E-state index in [1.807, 2.05) is 0 Å². The van der Waals surface area contributed by atoms with Crippen molar-refractivity contribution in [1.82, 2.24) is 5.32 Å². The Morgan fingerprint density at radius 2 is 0.911 bits per heavy atom. The van der Waals surface area contributed by atoms with Crippen molar-refractivity contribution in [3.05, 3.63) is 24.3 Å². The summed E-state index contributed by atoms with van der Waals surface area (Å²) in [7, 11) is 0. The van der Waals surface area contributed by atoms with Crippen molar-refractivity contribution in [2.75, 3.05) is 6.61 Å². The number of amides is 1. The standard InChI is InChI=1S/C41H79NO3/c1-3-5-7-9-11-13-14-15-16-17-18-19-20-21-22-23-24-25-26-27-28-29-31-33-35-37-41(45)42-39(38-43)40(44)36-34-32-30-12-10-8-6-4-2/h14-15,17-18,39-40,43-44H,3-13,16,19-38H2,1-2H3,(H,42,45)/b15-14-,18-17-. The van der Waals surface area contributed by atoms with Crippen LogP contribution in [-0.4, -0.2) is 34.9 Å². The van der Waals surface area contributed by atoms with Gasteiger partial charge in [0, 0.05) is 6.42 Å². The Balaban J connectivity index is 3.45. The maximum Gasteiger partial charge on any atom is 0.220 e. The quantitative estimate of drug-likeness (QED) is 0.0475. The van der Waals surface area contributed by atoms with Crippen molar-refractivity contribution in [3.8, 4) is 0 Å². The highest BCUT2D eigenvalue weighted by Gasteiger charge is 2.19. The molecule has 0 bridgehead atoms. The van der Waals surface area contributed by atoms with E-state index in [1.54, 1.807) is 0 Å². The number of unbranched alkanes of at least 4 members (excludes halogenated alkanes) is 25. The van der Waals surface area contributed by atoms with Gasteiger partial charge in [0.2, 0.25) is 5.91 Å². The molecule has 2 atom stereocenters. The first-order valence-electron chi connectivity index (χ1n) is 20.0. The number of hydrogen-bond acceptors (Lipinski definition) is 3. The second kappa shape index (κ2) is 37.3. The lowest BCUT2D eigenvalue weighted by Gasteiger charge is -2.22. The summed E-state index contributed by atoms with van der Waals surface area (Å²) < 4.78 is 0. The number of nitrogens with one attached hydrogen (secondary N) is 1. The molecule has 0 radical (unpaired) electrons. The van der Waals surface area contributed by atoms with Gasteiger partial charge in [-0.2, -0.15) is 0 Å². The molecule has 0 aliphatic rings. The average molecular weight is 634 g/mol. The molecular formula is C41H79NO3. The number of rotatable bonds is 36. The molecule has 0 rings (SSSR count). The minimum atomic E-state index is -0.654. The van der Waals surface area contributed by atoms with Crippen molar-refractivity contribution < 1.29 is 15.0 Å². The smallest absolute Gasteiger partial charge is 0.220 e. The van der Waals surface area contributed by atoms with Gasteiger partial charge in [-0.05, 0) is 44.9 Å². The van der Waals surface area contributed by atoms with E-state index >= 15 is 0 Å². The Labute approximate surface area is 281 Å². The van der Waals surface area contributed by atoms with Crippen LogP contribution < -0.4 is 5.32 Å². The van der Waals surface area contributed by atoms with E-state index in [1.165, 1.54) is 154 Å². The second-order valence-corrected chi connectivity index (χ2v) is 13.7. The maximum absolute atomic E-state index is 12.3. The zero-order valence-corrected chi connectivity index (χ0v) is 30.4. The second-order valence-electron chi connectivity index (χ2n) is 13.7. The summed E-state index contributed by atoms with van der Waals surface area (Å²) in [6.07, 6.45) is 46.8. The van der Waals surface area contributed by atoms with E-state index < -0.39 is 12.1 Å². The molecule has 0 saturated carbocycles. The summed E-state index contributed by atoms with van der Waals surface area (Å²) in [6.45, 7) is 4.32. The van der Waals surface area contributed by atoms with Gasteiger partial charge in [0.1, 0.15) is 0 Å². The van der Waals surface area contributed by atoms with Gasteiger partial charge in [-0.15, -0.1) is 0 Å². The molecule has 2 unspecified atom stereocenters.